The van der Waals surface area contributed by atoms with Gasteiger partial charge < -0.3 is 0 Å². The van der Waals surface area contributed by atoms with Crippen molar-refractivity contribution in [1.29, 1.82) is 0 Å². The highest BCUT2D eigenvalue weighted by Crippen LogP contribution is 2.42. The van der Waals surface area contributed by atoms with E-state index in [9.17, 15) is 9.59 Å². The first kappa shape index (κ1) is 6.77. The minimum Gasteiger partial charge on any atom is -0.294 e. The van der Waals surface area contributed by atoms with E-state index in [0.717, 1.165) is 25.7 Å². The maximum atomic E-state index is 11.3. The molecule has 58 valence electrons. The Bertz CT molecular complexity index is 224. The van der Waals surface area contributed by atoms with E-state index in [1.807, 2.05) is 0 Å². The Labute approximate surface area is 65.3 Å². The third-order valence-corrected chi connectivity index (χ3v) is 2.79. The first-order chi connectivity index (χ1) is 5.26. The lowest BCUT2D eigenvalue weighted by Crippen LogP contribution is -2.29. The van der Waals surface area contributed by atoms with Crippen LogP contribution in [0.2, 0.25) is 0 Å². The summed E-state index contributed by atoms with van der Waals surface area (Å²) in [5.74, 6) is 0.0833. The van der Waals surface area contributed by atoms with Crippen LogP contribution in [-0.4, -0.2) is 11.6 Å². The van der Waals surface area contributed by atoms with Crippen molar-refractivity contribution in [3.8, 4) is 0 Å². The Morgan fingerprint density at radius 1 is 1.00 bits per heavy atom. The first-order valence-corrected chi connectivity index (χ1v) is 4.03. The van der Waals surface area contributed by atoms with Crippen LogP contribution in [0.3, 0.4) is 0 Å². The average molecular weight is 150 g/mol. The van der Waals surface area contributed by atoms with Crippen molar-refractivity contribution in [1.82, 2.24) is 0 Å². The van der Waals surface area contributed by atoms with E-state index in [4.69, 9.17) is 0 Å². The van der Waals surface area contributed by atoms with Crippen LogP contribution in [0.4, 0.5) is 0 Å². The molecule has 0 atom stereocenters. The zero-order valence-corrected chi connectivity index (χ0v) is 6.30. The van der Waals surface area contributed by atoms with Gasteiger partial charge >= 0.3 is 0 Å². The summed E-state index contributed by atoms with van der Waals surface area (Å²) in [5, 5.41) is 0. The molecule has 1 fully saturated rings. The van der Waals surface area contributed by atoms with Crippen LogP contribution < -0.4 is 0 Å². The molecule has 0 heterocycles. The summed E-state index contributed by atoms with van der Waals surface area (Å²) >= 11 is 0. The molecule has 0 aromatic heterocycles. The van der Waals surface area contributed by atoms with Gasteiger partial charge in [-0.3, -0.25) is 9.59 Å². The predicted octanol–water partition coefficient (Wildman–Crippen LogP) is 1.25. The largest absolute Gasteiger partial charge is 0.294 e. The summed E-state index contributed by atoms with van der Waals surface area (Å²) in [6, 6.07) is 0. The van der Waals surface area contributed by atoms with Gasteiger partial charge in [-0.25, -0.2) is 0 Å². The average Bonchev–Trinajstić information content (AvgIpc) is 2.56. The molecule has 2 aliphatic carbocycles. The van der Waals surface area contributed by atoms with Crippen molar-refractivity contribution in [2.45, 2.75) is 25.7 Å². The number of carbonyl (C=O) groups is 2. The molecule has 0 N–H and O–H groups in total. The quantitative estimate of drug-likeness (QED) is 0.487. The van der Waals surface area contributed by atoms with Crippen LogP contribution in [0.1, 0.15) is 25.7 Å². The van der Waals surface area contributed by atoms with Crippen LogP contribution in [-0.2, 0) is 9.59 Å². The molecule has 2 rings (SSSR count). The highest BCUT2D eigenvalue weighted by molar-refractivity contribution is 6.22. The number of carbonyl (C=O) groups excluding carboxylic acids is 2. The molecule has 0 radical (unpaired) electrons. The van der Waals surface area contributed by atoms with Crippen molar-refractivity contribution in [3.63, 3.8) is 0 Å². The van der Waals surface area contributed by atoms with Gasteiger partial charge in [0, 0.05) is 0 Å². The molecule has 0 saturated heterocycles. The smallest absolute Gasteiger partial charge is 0.169 e. The van der Waals surface area contributed by atoms with Gasteiger partial charge in [-0.05, 0) is 25.0 Å². The van der Waals surface area contributed by atoms with E-state index in [0.29, 0.717) is 0 Å². The van der Waals surface area contributed by atoms with Gasteiger partial charge in [0.25, 0.3) is 0 Å². The summed E-state index contributed by atoms with van der Waals surface area (Å²) in [6.45, 7) is 0. The van der Waals surface area contributed by atoms with Crippen LogP contribution in [0.5, 0.6) is 0 Å². The first-order valence-electron chi connectivity index (χ1n) is 4.03. The maximum Gasteiger partial charge on any atom is 0.169 e. The molecule has 0 aromatic carbocycles. The predicted molar refractivity (Wildman–Crippen MR) is 40.1 cm³/mol. The number of hydrogen-bond acceptors (Lipinski definition) is 2. The third-order valence-electron chi connectivity index (χ3n) is 2.79. The number of allylic oxidation sites excluding steroid dienone is 2. The monoisotopic (exact) mass is 150 g/mol. The normalized spacial score (nSPS) is 27.3. The maximum absolute atomic E-state index is 11.3. The molecule has 0 aromatic rings. The molecule has 2 heteroatoms. The summed E-state index contributed by atoms with van der Waals surface area (Å²) in [7, 11) is 0. The lowest BCUT2D eigenvalue weighted by molar-refractivity contribution is -0.132. The number of rotatable bonds is 0. The topological polar surface area (TPSA) is 34.1 Å². The van der Waals surface area contributed by atoms with E-state index in [-0.39, 0.29) is 11.6 Å². The van der Waals surface area contributed by atoms with Crippen molar-refractivity contribution in [2.24, 2.45) is 5.41 Å². The van der Waals surface area contributed by atoms with Gasteiger partial charge in [-0.1, -0.05) is 12.8 Å². The van der Waals surface area contributed by atoms with E-state index >= 15 is 0 Å². The molecule has 11 heavy (non-hydrogen) atoms. The van der Waals surface area contributed by atoms with Crippen LogP contribution >= 0.6 is 0 Å². The summed E-state index contributed by atoms with van der Waals surface area (Å²) < 4.78 is 0. The van der Waals surface area contributed by atoms with E-state index in [1.165, 1.54) is 12.2 Å². The van der Waals surface area contributed by atoms with E-state index in [2.05, 4.69) is 0 Å². The Morgan fingerprint density at radius 3 is 1.91 bits per heavy atom. The van der Waals surface area contributed by atoms with Crippen molar-refractivity contribution in [3.05, 3.63) is 12.2 Å². The van der Waals surface area contributed by atoms with Crippen molar-refractivity contribution < 1.29 is 9.59 Å². The fourth-order valence-electron chi connectivity index (χ4n) is 2.06. The standard InChI is InChI=1S/C9H10O2/c10-7-3-4-8(11)9(7)5-1-2-6-9/h3-4H,1-2,5-6H2. The molecule has 1 spiro atoms. The second kappa shape index (κ2) is 2.03. The van der Waals surface area contributed by atoms with Crippen molar-refractivity contribution >= 4 is 11.6 Å². The molecular weight excluding hydrogens is 140 g/mol. The molecule has 1 saturated carbocycles. The lowest BCUT2D eigenvalue weighted by atomic mass is 9.82. The van der Waals surface area contributed by atoms with E-state index in [1.54, 1.807) is 0 Å². The highest BCUT2D eigenvalue weighted by Gasteiger charge is 2.47. The van der Waals surface area contributed by atoms with Crippen molar-refractivity contribution in [2.75, 3.05) is 0 Å². The fraction of sp³-hybridized carbons (Fsp3) is 0.556. The third kappa shape index (κ3) is 0.724. The molecule has 2 nitrogen and oxygen atoms in total. The number of ketones is 2. The Kier molecular flexibility index (Phi) is 1.25. The highest BCUT2D eigenvalue weighted by atomic mass is 16.2. The molecule has 0 bridgehead atoms. The minimum atomic E-state index is -0.583. The Hall–Kier alpha value is -0.920. The van der Waals surface area contributed by atoms with Crippen LogP contribution in [0, 0.1) is 5.41 Å². The second-order valence-corrected chi connectivity index (χ2v) is 3.35. The zero-order valence-electron chi connectivity index (χ0n) is 6.30. The van der Waals surface area contributed by atoms with Gasteiger partial charge in [-0.15, -0.1) is 0 Å². The molecule has 0 aliphatic heterocycles. The number of hydrogen-bond donors (Lipinski definition) is 0. The van der Waals surface area contributed by atoms with Crippen LogP contribution in [0.15, 0.2) is 12.2 Å². The molecule has 0 amide bonds. The molecule has 0 unspecified atom stereocenters. The second-order valence-electron chi connectivity index (χ2n) is 3.35. The zero-order chi connectivity index (χ0) is 7.90. The Balaban J connectivity index is 2.37. The Morgan fingerprint density at radius 2 is 1.45 bits per heavy atom. The molecule has 2 aliphatic rings. The van der Waals surface area contributed by atoms with Gasteiger partial charge in [0.05, 0.1) is 5.41 Å². The lowest BCUT2D eigenvalue weighted by Gasteiger charge is -2.17. The molecular formula is C9H10O2. The van der Waals surface area contributed by atoms with Crippen LogP contribution in [0.25, 0.3) is 0 Å². The summed E-state index contributed by atoms with van der Waals surface area (Å²) in [6.07, 6.45) is 6.48. The SMILES string of the molecule is O=C1C=CC(=O)C12CCCC2. The summed E-state index contributed by atoms with van der Waals surface area (Å²) in [4.78, 5) is 22.6. The van der Waals surface area contributed by atoms with E-state index < -0.39 is 5.41 Å². The minimum absolute atomic E-state index is 0.0417. The fourth-order valence-corrected chi connectivity index (χ4v) is 2.06. The van der Waals surface area contributed by atoms with Gasteiger partial charge in [0.1, 0.15) is 0 Å². The van der Waals surface area contributed by atoms with Gasteiger partial charge in [0.15, 0.2) is 11.6 Å². The van der Waals surface area contributed by atoms with Gasteiger partial charge in [0.2, 0.25) is 0 Å². The summed E-state index contributed by atoms with van der Waals surface area (Å²) in [5.41, 5.74) is -0.583. The van der Waals surface area contributed by atoms with Gasteiger partial charge in [-0.2, -0.15) is 0 Å².